The van der Waals surface area contributed by atoms with Crippen LogP contribution in [-0.2, 0) is 6.42 Å². The second kappa shape index (κ2) is 9.78. The molecule has 0 fully saturated rings. The summed E-state index contributed by atoms with van der Waals surface area (Å²) in [6, 6.07) is 21.9. The van der Waals surface area contributed by atoms with Gasteiger partial charge in [0.15, 0.2) is 0 Å². The van der Waals surface area contributed by atoms with Crippen molar-refractivity contribution in [1.82, 2.24) is 0 Å². The molecule has 0 aliphatic heterocycles. The number of fused-ring (bicyclic) bond motifs is 1. The molecule has 0 saturated heterocycles. The molecule has 0 aliphatic carbocycles. The van der Waals surface area contributed by atoms with Crippen molar-refractivity contribution in [2.45, 2.75) is 26.2 Å². The predicted octanol–water partition coefficient (Wildman–Crippen LogP) is 8.36. The molecule has 0 radical (unpaired) electrons. The summed E-state index contributed by atoms with van der Waals surface area (Å²) in [7, 11) is 0. The molecular formula is C29H26F2O. The second-order valence-corrected chi connectivity index (χ2v) is 7.94. The van der Waals surface area contributed by atoms with Gasteiger partial charge in [0.1, 0.15) is 24.0 Å². The maximum Gasteiger partial charge on any atom is 0.134 e. The second-order valence-electron chi connectivity index (χ2n) is 7.94. The van der Waals surface area contributed by atoms with Crippen LogP contribution in [0.25, 0.3) is 33.0 Å². The third-order valence-electron chi connectivity index (χ3n) is 5.61. The van der Waals surface area contributed by atoms with E-state index in [-0.39, 0.29) is 5.56 Å². The lowest BCUT2D eigenvalue weighted by molar-refractivity contribution is 0.363. The van der Waals surface area contributed by atoms with Crippen molar-refractivity contribution in [3.05, 3.63) is 103 Å². The van der Waals surface area contributed by atoms with Crippen LogP contribution >= 0.6 is 0 Å². The summed E-state index contributed by atoms with van der Waals surface area (Å²) in [5.41, 5.74) is 3.05. The summed E-state index contributed by atoms with van der Waals surface area (Å²) in [5.74, 6) is -0.551. The Kier molecular flexibility index (Phi) is 6.65. The van der Waals surface area contributed by atoms with Crippen LogP contribution in [0.2, 0.25) is 0 Å². The fourth-order valence-corrected chi connectivity index (χ4v) is 3.90. The molecule has 4 aromatic carbocycles. The first-order chi connectivity index (χ1) is 15.6. The van der Waals surface area contributed by atoms with E-state index in [4.69, 9.17) is 4.74 Å². The van der Waals surface area contributed by atoms with Crippen LogP contribution in [0.5, 0.6) is 5.75 Å². The van der Waals surface area contributed by atoms with Crippen molar-refractivity contribution in [3.8, 4) is 28.0 Å². The number of benzene rings is 4. The third-order valence-corrected chi connectivity index (χ3v) is 5.61. The molecule has 0 heterocycles. The van der Waals surface area contributed by atoms with Crippen molar-refractivity contribution in [1.29, 1.82) is 0 Å². The molecule has 0 saturated carbocycles. The molecule has 4 rings (SSSR count). The van der Waals surface area contributed by atoms with Crippen LogP contribution in [-0.4, -0.2) is 6.61 Å². The van der Waals surface area contributed by atoms with E-state index in [2.05, 4.69) is 31.7 Å². The summed E-state index contributed by atoms with van der Waals surface area (Å²) in [5, 5.41) is 2.20. The molecule has 0 aliphatic rings. The average Bonchev–Trinajstić information content (AvgIpc) is 2.81. The first kappa shape index (κ1) is 21.8. The van der Waals surface area contributed by atoms with Gasteiger partial charge >= 0.3 is 0 Å². The number of hydrogen-bond donors (Lipinski definition) is 0. The van der Waals surface area contributed by atoms with E-state index in [1.165, 1.54) is 24.1 Å². The van der Waals surface area contributed by atoms with Gasteiger partial charge in [-0.3, -0.25) is 0 Å². The molecule has 32 heavy (non-hydrogen) atoms. The highest BCUT2D eigenvalue weighted by Crippen LogP contribution is 2.33. The smallest absolute Gasteiger partial charge is 0.134 e. The minimum atomic E-state index is -0.588. The fourth-order valence-electron chi connectivity index (χ4n) is 3.90. The highest BCUT2D eigenvalue weighted by molar-refractivity contribution is 5.88. The lowest BCUT2D eigenvalue weighted by atomic mass is 9.96. The van der Waals surface area contributed by atoms with Crippen LogP contribution in [0.4, 0.5) is 8.78 Å². The zero-order chi connectivity index (χ0) is 22.5. The molecule has 162 valence electrons. The van der Waals surface area contributed by atoms with E-state index in [1.807, 2.05) is 18.2 Å². The van der Waals surface area contributed by atoms with Crippen molar-refractivity contribution in [3.63, 3.8) is 0 Å². The van der Waals surface area contributed by atoms with E-state index in [1.54, 1.807) is 30.3 Å². The zero-order valence-corrected chi connectivity index (χ0v) is 18.2. The Morgan fingerprint density at radius 3 is 2.12 bits per heavy atom. The van der Waals surface area contributed by atoms with Gasteiger partial charge in [0.25, 0.3) is 0 Å². The normalized spacial score (nSPS) is 11.0. The van der Waals surface area contributed by atoms with Gasteiger partial charge in [-0.2, -0.15) is 0 Å². The van der Waals surface area contributed by atoms with Crippen LogP contribution in [0.1, 0.15) is 25.3 Å². The molecule has 0 bridgehead atoms. The molecule has 4 aromatic rings. The first-order valence-corrected chi connectivity index (χ1v) is 11.0. The van der Waals surface area contributed by atoms with Crippen molar-refractivity contribution < 1.29 is 13.5 Å². The number of ether oxygens (including phenoxy) is 1. The maximum atomic E-state index is 15.0. The number of rotatable bonds is 8. The van der Waals surface area contributed by atoms with E-state index < -0.39 is 11.6 Å². The monoisotopic (exact) mass is 428 g/mol. The van der Waals surface area contributed by atoms with Gasteiger partial charge in [-0.15, -0.1) is 0 Å². The van der Waals surface area contributed by atoms with Crippen molar-refractivity contribution in [2.75, 3.05) is 6.61 Å². The van der Waals surface area contributed by atoms with Crippen LogP contribution in [0.15, 0.2) is 85.5 Å². The summed E-state index contributed by atoms with van der Waals surface area (Å²) < 4.78 is 35.4. The Morgan fingerprint density at radius 2 is 1.44 bits per heavy atom. The zero-order valence-electron chi connectivity index (χ0n) is 18.2. The Balaban J connectivity index is 1.63. The third kappa shape index (κ3) is 4.72. The minimum Gasteiger partial charge on any atom is -0.490 e. The highest BCUT2D eigenvalue weighted by atomic mass is 19.1. The largest absolute Gasteiger partial charge is 0.490 e. The first-order valence-electron chi connectivity index (χ1n) is 11.0. The van der Waals surface area contributed by atoms with E-state index in [9.17, 15) is 8.78 Å². The number of hydrogen-bond acceptors (Lipinski definition) is 1. The molecule has 3 heteroatoms. The fraction of sp³-hybridized carbons (Fsp3) is 0.172. The molecule has 1 nitrogen and oxygen atoms in total. The predicted molar refractivity (Wildman–Crippen MR) is 129 cm³/mol. The Hall–Kier alpha value is -3.46. The van der Waals surface area contributed by atoms with E-state index in [0.29, 0.717) is 23.5 Å². The van der Waals surface area contributed by atoms with Crippen molar-refractivity contribution >= 4 is 10.8 Å². The molecular weight excluding hydrogens is 402 g/mol. The number of halogens is 2. The summed E-state index contributed by atoms with van der Waals surface area (Å²) in [4.78, 5) is 0. The van der Waals surface area contributed by atoms with Gasteiger partial charge in [-0.05, 0) is 76.2 Å². The van der Waals surface area contributed by atoms with Crippen LogP contribution in [0.3, 0.4) is 0 Å². The number of aryl methyl sites for hydroxylation is 1. The Bertz CT molecular complexity index is 1220. The van der Waals surface area contributed by atoms with Gasteiger partial charge in [0, 0.05) is 0 Å². The van der Waals surface area contributed by atoms with Gasteiger partial charge in [-0.25, -0.2) is 8.78 Å². The number of unbranched alkanes of at least 4 members (excludes halogenated alkanes) is 1. The SMILES string of the molecule is C=CCOc1ccc(-c2c(F)cc(-c3ccc4cc(CCCC)ccc4c3)cc2F)cc1. The molecule has 0 atom stereocenters. The Morgan fingerprint density at radius 1 is 0.781 bits per heavy atom. The quantitative estimate of drug-likeness (QED) is 0.256. The minimum absolute atomic E-state index is 0.0367. The van der Waals surface area contributed by atoms with E-state index >= 15 is 0 Å². The topological polar surface area (TPSA) is 9.23 Å². The lowest BCUT2D eigenvalue weighted by Gasteiger charge is -2.11. The summed E-state index contributed by atoms with van der Waals surface area (Å²) in [6.07, 6.45) is 5.04. The molecule has 0 amide bonds. The Labute approximate surface area is 188 Å². The van der Waals surface area contributed by atoms with Crippen molar-refractivity contribution in [2.24, 2.45) is 0 Å². The summed E-state index contributed by atoms with van der Waals surface area (Å²) >= 11 is 0. The van der Waals surface area contributed by atoms with Gasteiger partial charge in [0.05, 0.1) is 5.56 Å². The standard InChI is InChI=1S/C29H26F2O/c1-3-5-6-20-7-8-23-17-24(10-9-22(23)16-20)25-18-27(30)29(28(31)19-25)21-11-13-26(14-12-21)32-15-4-2/h4,7-14,16-19H,2-3,5-6,15H2,1H3. The highest BCUT2D eigenvalue weighted by Gasteiger charge is 2.15. The van der Waals surface area contributed by atoms with Gasteiger partial charge < -0.3 is 4.74 Å². The molecule has 0 spiro atoms. The molecule has 0 aromatic heterocycles. The van der Waals surface area contributed by atoms with Gasteiger partial charge in [-0.1, -0.05) is 68.5 Å². The van der Waals surface area contributed by atoms with Crippen LogP contribution in [0, 0.1) is 11.6 Å². The van der Waals surface area contributed by atoms with Crippen LogP contribution < -0.4 is 4.74 Å². The average molecular weight is 429 g/mol. The maximum absolute atomic E-state index is 15.0. The summed E-state index contributed by atoms with van der Waals surface area (Å²) in [6.45, 7) is 6.17. The molecule has 0 N–H and O–H groups in total. The molecule has 0 unspecified atom stereocenters. The lowest BCUT2D eigenvalue weighted by Crippen LogP contribution is -1.94. The van der Waals surface area contributed by atoms with E-state index in [0.717, 1.165) is 29.2 Å². The van der Waals surface area contributed by atoms with Gasteiger partial charge in [0.2, 0.25) is 0 Å².